The zero-order valence-electron chi connectivity index (χ0n) is 17.7. The van der Waals surface area contributed by atoms with Crippen LogP contribution in [0.2, 0.25) is 0 Å². The highest BCUT2D eigenvalue weighted by atomic mass is 16.5. The number of methoxy groups -OCH3 is 1. The Hall–Kier alpha value is -3.14. The Kier molecular flexibility index (Phi) is 5.73. The first kappa shape index (κ1) is 20.6. The van der Waals surface area contributed by atoms with Gasteiger partial charge < -0.3 is 4.74 Å². The van der Waals surface area contributed by atoms with Gasteiger partial charge in [-0.3, -0.25) is 14.5 Å². The standard InChI is InChI=1S/C25H27NO3/c1-17-6-8-18(9-7-17)10-11-19-14-20(26-13-12-21(27)16-23(26)28)15-22(24(19)29-5)25(2,3)4/h6-15H,16H2,1-5H3/b11-10+. The highest BCUT2D eigenvalue weighted by Crippen LogP contribution is 2.39. The molecule has 0 saturated heterocycles. The predicted molar refractivity (Wildman–Crippen MR) is 118 cm³/mol. The minimum absolute atomic E-state index is 0.109. The van der Waals surface area contributed by atoms with E-state index in [0.29, 0.717) is 0 Å². The van der Waals surface area contributed by atoms with Gasteiger partial charge in [-0.2, -0.15) is 0 Å². The van der Waals surface area contributed by atoms with E-state index in [9.17, 15) is 9.59 Å². The van der Waals surface area contributed by atoms with E-state index < -0.39 is 0 Å². The molecule has 0 fully saturated rings. The van der Waals surface area contributed by atoms with Gasteiger partial charge in [0.25, 0.3) is 0 Å². The molecule has 0 bridgehead atoms. The summed E-state index contributed by atoms with van der Waals surface area (Å²) >= 11 is 0. The van der Waals surface area contributed by atoms with Gasteiger partial charge in [-0.15, -0.1) is 0 Å². The summed E-state index contributed by atoms with van der Waals surface area (Å²) in [4.78, 5) is 25.6. The van der Waals surface area contributed by atoms with Gasteiger partial charge in [0.05, 0.1) is 13.5 Å². The summed E-state index contributed by atoms with van der Waals surface area (Å²) in [5, 5.41) is 0. The van der Waals surface area contributed by atoms with E-state index in [2.05, 4.69) is 52.0 Å². The van der Waals surface area contributed by atoms with Crippen LogP contribution in [0.4, 0.5) is 5.69 Å². The van der Waals surface area contributed by atoms with Crippen molar-refractivity contribution in [2.45, 2.75) is 39.5 Å². The van der Waals surface area contributed by atoms with Gasteiger partial charge in [-0.25, -0.2) is 0 Å². The summed E-state index contributed by atoms with van der Waals surface area (Å²) in [6.07, 6.45) is 6.93. The first-order valence-electron chi connectivity index (χ1n) is 9.69. The Morgan fingerprint density at radius 3 is 2.31 bits per heavy atom. The number of amides is 1. The van der Waals surface area contributed by atoms with E-state index in [1.54, 1.807) is 18.2 Å². The lowest BCUT2D eigenvalue weighted by Gasteiger charge is -2.28. The van der Waals surface area contributed by atoms with Crippen LogP contribution in [0.3, 0.4) is 0 Å². The second kappa shape index (κ2) is 8.08. The van der Waals surface area contributed by atoms with Crippen LogP contribution >= 0.6 is 0 Å². The second-order valence-electron chi connectivity index (χ2n) is 8.33. The van der Waals surface area contributed by atoms with Crippen LogP contribution in [0.5, 0.6) is 5.75 Å². The molecule has 4 nitrogen and oxygen atoms in total. The summed E-state index contributed by atoms with van der Waals surface area (Å²) in [6.45, 7) is 8.39. The van der Waals surface area contributed by atoms with Crippen molar-refractivity contribution in [2.75, 3.05) is 12.0 Å². The largest absolute Gasteiger partial charge is 0.496 e. The number of ether oxygens (including phenoxy) is 1. The maximum absolute atomic E-state index is 12.4. The number of allylic oxidation sites excluding steroid dienone is 1. The van der Waals surface area contributed by atoms with Crippen molar-refractivity contribution in [3.63, 3.8) is 0 Å². The summed E-state index contributed by atoms with van der Waals surface area (Å²) in [5.41, 5.74) is 4.72. The van der Waals surface area contributed by atoms with Gasteiger partial charge in [0.1, 0.15) is 5.75 Å². The topological polar surface area (TPSA) is 46.6 Å². The lowest BCUT2D eigenvalue weighted by molar-refractivity contribution is -0.124. The summed E-state index contributed by atoms with van der Waals surface area (Å²) < 4.78 is 5.77. The van der Waals surface area contributed by atoms with Crippen LogP contribution in [0.1, 0.15) is 49.4 Å². The van der Waals surface area contributed by atoms with Gasteiger partial charge in [0.15, 0.2) is 5.78 Å². The molecule has 0 spiro atoms. The summed E-state index contributed by atoms with van der Waals surface area (Å²) in [6, 6.07) is 12.2. The van der Waals surface area contributed by atoms with Crippen molar-refractivity contribution < 1.29 is 14.3 Å². The SMILES string of the molecule is COc1c(/C=C/c2ccc(C)cc2)cc(N2C=CC(=O)CC2=O)cc1C(C)(C)C. The van der Waals surface area contributed by atoms with E-state index in [1.165, 1.54) is 11.6 Å². The molecule has 0 aromatic heterocycles. The maximum Gasteiger partial charge on any atom is 0.238 e. The molecule has 2 aromatic rings. The molecule has 2 aromatic carbocycles. The molecule has 0 aliphatic carbocycles. The molecule has 3 rings (SSSR count). The lowest BCUT2D eigenvalue weighted by Crippen LogP contribution is -2.31. The molecule has 1 heterocycles. The quantitative estimate of drug-likeness (QED) is 0.527. The zero-order valence-corrected chi connectivity index (χ0v) is 17.7. The Morgan fingerprint density at radius 2 is 1.72 bits per heavy atom. The number of anilines is 1. The molecule has 1 amide bonds. The monoisotopic (exact) mass is 389 g/mol. The number of benzene rings is 2. The molecule has 1 aliphatic rings. The van der Waals surface area contributed by atoms with Crippen molar-refractivity contribution in [3.05, 3.63) is 70.9 Å². The van der Waals surface area contributed by atoms with E-state index in [-0.39, 0.29) is 23.5 Å². The van der Waals surface area contributed by atoms with Crippen molar-refractivity contribution in [1.82, 2.24) is 0 Å². The van der Waals surface area contributed by atoms with E-state index >= 15 is 0 Å². The smallest absolute Gasteiger partial charge is 0.238 e. The van der Waals surface area contributed by atoms with Crippen LogP contribution < -0.4 is 9.64 Å². The van der Waals surface area contributed by atoms with Gasteiger partial charge in [0, 0.05) is 23.0 Å². The molecular formula is C25H27NO3. The molecule has 150 valence electrons. The number of rotatable bonds is 4. The Morgan fingerprint density at radius 1 is 1.03 bits per heavy atom. The third-order valence-electron chi connectivity index (χ3n) is 4.93. The van der Waals surface area contributed by atoms with Crippen LogP contribution in [-0.2, 0) is 15.0 Å². The molecule has 29 heavy (non-hydrogen) atoms. The fourth-order valence-electron chi connectivity index (χ4n) is 3.31. The van der Waals surface area contributed by atoms with Crippen molar-refractivity contribution in [2.24, 2.45) is 0 Å². The fraction of sp³-hybridized carbons (Fsp3) is 0.280. The van der Waals surface area contributed by atoms with Crippen LogP contribution in [-0.4, -0.2) is 18.8 Å². The van der Waals surface area contributed by atoms with Crippen LogP contribution in [0.25, 0.3) is 12.2 Å². The lowest BCUT2D eigenvalue weighted by atomic mass is 9.84. The number of nitrogens with zero attached hydrogens (tertiary/aromatic N) is 1. The summed E-state index contributed by atoms with van der Waals surface area (Å²) in [5.74, 6) is 0.389. The van der Waals surface area contributed by atoms with Gasteiger partial charge in [-0.1, -0.05) is 62.8 Å². The number of carbonyl (C=O) groups excluding carboxylic acids is 2. The molecule has 1 aliphatic heterocycles. The molecule has 0 atom stereocenters. The first-order chi connectivity index (χ1) is 13.7. The van der Waals surface area contributed by atoms with Crippen molar-refractivity contribution in [3.8, 4) is 5.75 Å². The number of hydrogen-bond donors (Lipinski definition) is 0. The van der Waals surface area contributed by atoms with E-state index in [0.717, 1.165) is 28.1 Å². The molecule has 4 heteroatoms. The normalized spacial score (nSPS) is 14.7. The highest BCUT2D eigenvalue weighted by Gasteiger charge is 2.26. The van der Waals surface area contributed by atoms with Crippen molar-refractivity contribution >= 4 is 29.5 Å². The highest BCUT2D eigenvalue weighted by molar-refractivity contribution is 6.13. The van der Waals surface area contributed by atoms with Crippen molar-refractivity contribution in [1.29, 1.82) is 0 Å². The minimum atomic E-state index is -0.226. The Balaban J connectivity index is 2.12. The maximum atomic E-state index is 12.4. The van der Waals surface area contributed by atoms with Crippen LogP contribution in [0.15, 0.2) is 48.7 Å². The molecule has 0 unspecified atom stereocenters. The molecule has 0 N–H and O–H groups in total. The van der Waals surface area contributed by atoms with Gasteiger partial charge >= 0.3 is 0 Å². The number of aryl methyl sites for hydroxylation is 1. The molecule has 0 saturated carbocycles. The molecular weight excluding hydrogens is 362 g/mol. The first-order valence-corrected chi connectivity index (χ1v) is 9.69. The fourth-order valence-corrected chi connectivity index (χ4v) is 3.31. The number of hydrogen-bond acceptors (Lipinski definition) is 3. The van der Waals surface area contributed by atoms with Gasteiger partial charge in [0.2, 0.25) is 5.91 Å². The third kappa shape index (κ3) is 4.65. The Bertz CT molecular complexity index is 992. The molecule has 0 radical (unpaired) electrons. The zero-order chi connectivity index (χ0) is 21.2. The third-order valence-corrected chi connectivity index (χ3v) is 4.93. The minimum Gasteiger partial charge on any atom is -0.496 e. The van der Waals surface area contributed by atoms with E-state index in [4.69, 9.17) is 4.74 Å². The van der Waals surface area contributed by atoms with E-state index in [1.807, 2.05) is 24.3 Å². The number of carbonyl (C=O) groups is 2. The van der Waals surface area contributed by atoms with Crippen LogP contribution in [0, 0.1) is 6.92 Å². The average Bonchev–Trinajstić information content (AvgIpc) is 2.66. The second-order valence-corrected chi connectivity index (χ2v) is 8.33. The predicted octanol–water partition coefficient (Wildman–Crippen LogP) is 5.29. The summed E-state index contributed by atoms with van der Waals surface area (Å²) in [7, 11) is 1.66. The average molecular weight is 389 g/mol. The van der Waals surface area contributed by atoms with Gasteiger partial charge in [-0.05, 0) is 36.1 Å². The number of ketones is 1. The Labute approximate surface area is 172 Å².